The van der Waals surface area contributed by atoms with Crippen LogP contribution in [0.25, 0.3) is 0 Å². The van der Waals surface area contributed by atoms with E-state index in [9.17, 15) is 13.9 Å². The molecule has 1 aromatic rings. The summed E-state index contributed by atoms with van der Waals surface area (Å²) >= 11 is 3.91. The van der Waals surface area contributed by atoms with E-state index in [1.807, 2.05) is 0 Å². The molecule has 0 saturated heterocycles. The predicted molar refractivity (Wildman–Crippen MR) is 56.3 cm³/mol. The highest BCUT2D eigenvalue weighted by Gasteiger charge is 2.16. The molecule has 0 amide bonds. The van der Waals surface area contributed by atoms with Crippen LogP contribution < -0.4 is 4.74 Å². The SMILES string of the molecule is COc1cc(F)c(C(O)CCS)cc1F. The van der Waals surface area contributed by atoms with Crippen molar-refractivity contribution in [2.24, 2.45) is 0 Å². The lowest BCUT2D eigenvalue weighted by Gasteiger charge is -2.12. The second-order valence-electron chi connectivity index (χ2n) is 3.04. The highest BCUT2D eigenvalue weighted by Crippen LogP contribution is 2.26. The van der Waals surface area contributed by atoms with Gasteiger partial charge in [0.25, 0.3) is 0 Å². The van der Waals surface area contributed by atoms with Crippen LogP contribution in [0.15, 0.2) is 12.1 Å². The molecule has 0 aromatic heterocycles. The number of ether oxygens (including phenoxy) is 1. The normalized spacial score (nSPS) is 12.6. The fraction of sp³-hybridized carbons (Fsp3) is 0.400. The Morgan fingerprint density at radius 3 is 2.60 bits per heavy atom. The lowest BCUT2D eigenvalue weighted by atomic mass is 10.1. The minimum absolute atomic E-state index is 0.0673. The van der Waals surface area contributed by atoms with Crippen LogP contribution in [0.5, 0.6) is 5.75 Å². The van der Waals surface area contributed by atoms with Crippen LogP contribution in [0.4, 0.5) is 8.78 Å². The summed E-state index contributed by atoms with van der Waals surface area (Å²) in [5.74, 6) is -1.14. The molecule has 5 heteroatoms. The third kappa shape index (κ3) is 2.82. The maximum Gasteiger partial charge on any atom is 0.165 e. The molecular weight excluding hydrogens is 222 g/mol. The van der Waals surface area contributed by atoms with Crippen molar-refractivity contribution >= 4 is 12.6 Å². The van der Waals surface area contributed by atoms with E-state index in [-0.39, 0.29) is 17.7 Å². The Bertz CT molecular complexity index is 344. The highest BCUT2D eigenvalue weighted by molar-refractivity contribution is 7.80. The first kappa shape index (κ1) is 12.3. The minimum atomic E-state index is -1.04. The smallest absolute Gasteiger partial charge is 0.165 e. The molecule has 0 aliphatic carbocycles. The van der Waals surface area contributed by atoms with Gasteiger partial charge in [0, 0.05) is 11.6 Å². The molecule has 1 unspecified atom stereocenters. The van der Waals surface area contributed by atoms with Crippen LogP contribution >= 0.6 is 12.6 Å². The molecule has 0 heterocycles. The molecule has 1 atom stereocenters. The van der Waals surface area contributed by atoms with Crippen molar-refractivity contribution in [3.05, 3.63) is 29.3 Å². The molecule has 0 spiro atoms. The van der Waals surface area contributed by atoms with Gasteiger partial charge in [0.2, 0.25) is 0 Å². The van der Waals surface area contributed by atoms with E-state index in [2.05, 4.69) is 17.4 Å². The Kier molecular flexibility index (Phi) is 4.35. The van der Waals surface area contributed by atoms with E-state index >= 15 is 0 Å². The van der Waals surface area contributed by atoms with E-state index < -0.39 is 17.7 Å². The number of hydrogen-bond donors (Lipinski definition) is 2. The van der Waals surface area contributed by atoms with E-state index in [0.717, 1.165) is 12.1 Å². The van der Waals surface area contributed by atoms with Crippen molar-refractivity contribution < 1.29 is 18.6 Å². The largest absolute Gasteiger partial charge is 0.494 e. The molecule has 84 valence electrons. The van der Waals surface area contributed by atoms with Crippen LogP contribution in [-0.2, 0) is 0 Å². The second kappa shape index (κ2) is 5.32. The van der Waals surface area contributed by atoms with Gasteiger partial charge in [0.1, 0.15) is 5.82 Å². The van der Waals surface area contributed by atoms with Gasteiger partial charge in [-0.05, 0) is 18.2 Å². The summed E-state index contributed by atoms with van der Waals surface area (Å²) in [6, 6.07) is 1.87. The Balaban J connectivity index is 3.04. The zero-order valence-corrected chi connectivity index (χ0v) is 9.10. The van der Waals surface area contributed by atoms with Gasteiger partial charge in [-0.1, -0.05) is 0 Å². The number of aliphatic hydroxyl groups excluding tert-OH is 1. The standard InChI is InChI=1S/C10H12F2O2S/c1-14-10-5-7(11)6(4-8(10)12)9(13)2-3-15/h4-5,9,13,15H,2-3H2,1H3. The average molecular weight is 234 g/mol. The Morgan fingerprint density at radius 1 is 1.40 bits per heavy atom. The summed E-state index contributed by atoms with van der Waals surface area (Å²) < 4.78 is 31.2. The zero-order valence-electron chi connectivity index (χ0n) is 8.20. The quantitative estimate of drug-likeness (QED) is 0.783. The van der Waals surface area contributed by atoms with E-state index in [0.29, 0.717) is 5.75 Å². The Labute approximate surface area is 92.3 Å². The Hall–Kier alpha value is -0.810. The third-order valence-corrected chi connectivity index (χ3v) is 2.29. The van der Waals surface area contributed by atoms with E-state index in [1.54, 1.807) is 0 Å². The van der Waals surface area contributed by atoms with Crippen LogP contribution in [0.3, 0.4) is 0 Å². The number of methoxy groups -OCH3 is 1. The molecule has 0 aliphatic heterocycles. The Morgan fingerprint density at radius 2 is 2.07 bits per heavy atom. The van der Waals surface area contributed by atoms with E-state index in [1.165, 1.54) is 7.11 Å². The van der Waals surface area contributed by atoms with E-state index in [4.69, 9.17) is 0 Å². The number of aliphatic hydroxyl groups is 1. The molecule has 0 fully saturated rings. The third-order valence-electron chi connectivity index (χ3n) is 2.03. The summed E-state index contributed by atoms with van der Waals surface area (Å²) in [7, 11) is 1.25. The zero-order chi connectivity index (χ0) is 11.4. The van der Waals surface area contributed by atoms with Gasteiger partial charge in [-0.25, -0.2) is 8.78 Å². The lowest BCUT2D eigenvalue weighted by Crippen LogP contribution is -2.03. The molecule has 0 bridgehead atoms. The number of thiol groups is 1. The summed E-state index contributed by atoms with van der Waals surface area (Å²) in [6.45, 7) is 0. The average Bonchev–Trinajstić information content (AvgIpc) is 2.21. The van der Waals surface area contributed by atoms with Gasteiger partial charge >= 0.3 is 0 Å². The summed E-state index contributed by atoms with van der Waals surface area (Å²) in [6.07, 6.45) is -0.769. The van der Waals surface area contributed by atoms with Crippen molar-refractivity contribution in [2.75, 3.05) is 12.9 Å². The first-order valence-corrected chi connectivity index (χ1v) is 5.05. The van der Waals surface area contributed by atoms with Crippen molar-refractivity contribution in [2.45, 2.75) is 12.5 Å². The van der Waals surface area contributed by atoms with Crippen molar-refractivity contribution in [3.63, 3.8) is 0 Å². The molecule has 1 N–H and O–H groups in total. The van der Waals surface area contributed by atoms with Gasteiger partial charge in [-0.15, -0.1) is 0 Å². The summed E-state index contributed by atoms with van der Waals surface area (Å²) in [5.41, 5.74) is -0.0673. The summed E-state index contributed by atoms with van der Waals surface area (Å²) in [4.78, 5) is 0. The topological polar surface area (TPSA) is 29.5 Å². The molecule has 0 saturated carbocycles. The van der Waals surface area contributed by atoms with Crippen LogP contribution in [0.2, 0.25) is 0 Å². The van der Waals surface area contributed by atoms with Gasteiger partial charge in [-0.2, -0.15) is 12.6 Å². The van der Waals surface area contributed by atoms with Crippen molar-refractivity contribution in [1.82, 2.24) is 0 Å². The minimum Gasteiger partial charge on any atom is -0.494 e. The number of halogens is 2. The molecular formula is C10H12F2O2S. The molecule has 0 aliphatic rings. The maximum absolute atomic E-state index is 13.4. The van der Waals surface area contributed by atoms with Crippen molar-refractivity contribution in [1.29, 1.82) is 0 Å². The van der Waals surface area contributed by atoms with Crippen LogP contribution in [0, 0.1) is 11.6 Å². The van der Waals surface area contributed by atoms with Crippen LogP contribution in [-0.4, -0.2) is 18.0 Å². The maximum atomic E-state index is 13.4. The lowest BCUT2D eigenvalue weighted by molar-refractivity contribution is 0.169. The second-order valence-corrected chi connectivity index (χ2v) is 3.48. The van der Waals surface area contributed by atoms with Crippen LogP contribution in [0.1, 0.15) is 18.1 Å². The summed E-state index contributed by atoms with van der Waals surface area (Å²) in [5, 5.41) is 9.49. The van der Waals surface area contributed by atoms with Gasteiger partial charge in [0.15, 0.2) is 11.6 Å². The molecule has 0 radical (unpaired) electrons. The highest BCUT2D eigenvalue weighted by atomic mass is 32.1. The van der Waals surface area contributed by atoms with Crippen molar-refractivity contribution in [3.8, 4) is 5.75 Å². The monoisotopic (exact) mass is 234 g/mol. The molecule has 2 nitrogen and oxygen atoms in total. The molecule has 1 rings (SSSR count). The molecule has 1 aromatic carbocycles. The fourth-order valence-electron chi connectivity index (χ4n) is 1.23. The number of hydrogen-bond acceptors (Lipinski definition) is 3. The van der Waals surface area contributed by atoms with Gasteiger partial charge in [0.05, 0.1) is 13.2 Å². The van der Waals surface area contributed by atoms with Gasteiger partial charge < -0.3 is 9.84 Å². The fourth-order valence-corrected chi connectivity index (χ4v) is 1.48. The number of benzene rings is 1. The number of rotatable bonds is 4. The predicted octanol–water partition coefficient (Wildman–Crippen LogP) is 2.33. The first-order chi connectivity index (χ1) is 7.10. The first-order valence-electron chi connectivity index (χ1n) is 4.42. The molecule has 15 heavy (non-hydrogen) atoms. The van der Waals surface area contributed by atoms with Gasteiger partial charge in [-0.3, -0.25) is 0 Å².